The van der Waals surface area contributed by atoms with E-state index in [2.05, 4.69) is 16.0 Å². The number of aliphatic carboxylic acids is 3. The van der Waals surface area contributed by atoms with Gasteiger partial charge in [0, 0.05) is 25.7 Å². The van der Waals surface area contributed by atoms with Crippen LogP contribution < -0.4 is 16.0 Å². The van der Waals surface area contributed by atoms with E-state index in [1.807, 2.05) is 6.92 Å². The molecule has 0 aliphatic rings. The molecule has 0 rings (SSSR count). The maximum absolute atomic E-state index is 12.0. The van der Waals surface area contributed by atoms with Crippen molar-refractivity contribution in [2.75, 3.05) is 7.05 Å². The number of amides is 2. The molecule has 0 heterocycles. The molecule has 0 bridgehead atoms. The lowest BCUT2D eigenvalue weighted by molar-refractivity contribution is -0.143. The van der Waals surface area contributed by atoms with E-state index in [1.165, 1.54) is 7.05 Å². The van der Waals surface area contributed by atoms with Gasteiger partial charge in [-0.25, -0.2) is 9.59 Å². The second kappa shape index (κ2) is 14.9. The van der Waals surface area contributed by atoms with Crippen LogP contribution in [0.5, 0.6) is 0 Å². The summed E-state index contributed by atoms with van der Waals surface area (Å²) in [6, 6.07) is -3.64. The first-order valence-corrected chi connectivity index (χ1v) is 9.97. The van der Waals surface area contributed by atoms with Gasteiger partial charge in [-0.05, 0) is 32.7 Å². The molecule has 0 aromatic heterocycles. The zero-order chi connectivity index (χ0) is 24.0. The molecule has 3 atom stereocenters. The Morgan fingerprint density at radius 1 is 0.645 bits per heavy atom. The molecule has 0 fully saturated rings. The summed E-state index contributed by atoms with van der Waals surface area (Å²) in [5, 5.41) is 34.3. The minimum absolute atomic E-state index is 0.00283. The van der Waals surface area contributed by atoms with Gasteiger partial charge in [-0.1, -0.05) is 6.92 Å². The third-order valence-electron chi connectivity index (χ3n) is 4.47. The van der Waals surface area contributed by atoms with Crippen LogP contribution in [0.15, 0.2) is 0 Å². The quantitative estimate of drug-likeness (QED) is 0.170. The number of ketones is 1. The number of likely N-dealkylation sites (N-methyl/N-ethyl adjacent to an activating group) is 1. The molecule has 6 N–H and O–H groups in total. The van der Waals surface area contributed by atoms with Gasteiger partial charge < -0.3 is 31.3 Å². The lowest BCUT2D eigenvalue weighted by Gasteiger charge is -2.17. The van der Waals surface area contributed by atoms with Crippen molar-refractivity contribution in [3.63, 3.8) is 0 Å². The maximum atomic E-state index is 12.0. The number of Topliss-reactive ketones (excluding diaryl/α,β-unsaturated/α-hetero) is 1. The second-order valence-electron chi connectivity index (χ2n) is 7.00. The molecule has 0 aromatic rings. The number of hydrogen-bond donors (Lipinski definition) is 6. The molecule has 12 heteroatoms. The van der Waals surface area contributed by atoms with E-state index in [0.29, 0.717) is 12.8 Å². The van der Waals surface area contributed by atoms with Crippen LogP contribution in [0.4, 0.5) is 0 Å². The van der Waals surface area contributed by atoms with Gasteiger partial charge in [0.05, 0.1) is 0 Å². The van der Waals surface area contributed by atoms with Crippen molar-refractivity contribution >= 4 is 35.5 Å². The summed E-state index contributed by atoms with van der Waals surface area (Å²) >= 11 is 0. The molecule has 2 amide bonds. The van der Waals surface area contributed by atoms with Crippen LogP contribution in [0.2, 0.25) is 0 Å². The predicted octanol–water partition coefficient (Wildman–Crippen LogP) is -0.492. The van der Waals surface area contributed by atoms with Crippen LogP contribution in [0, 0.1) is 0 Å². The third kappa shape index (κ3) is 12.3. The highest BCUT2D eigenvalue weighted by Crippen LogP contribution is 2.06. The summed E-state index contributed by atoms with van der Waals surface area (Å²) in [4.78, 5) is 69.0. The van der Waals surface area contributed by atoms with Crippen molar-refractivity contribution < 1.29 is 44.1 Å². The number of carboxylic acids is 3. The lowest BCUT2D eigenvalue weighted by atomic mass is 10.1. The molecule has 3 unspecified atom stereocenters. The molecular formula is C19H31N3O9. The van der Waals surface area contributed by atoms with Gasteiger partial charge in [-0.3, -0.25) is 19.2 Å². The van der Waals surface area contributed by atoms with E-state index in [1.54, 1.807) is 0 Å². The fourth-order valence-corrected chi connectivity index (χ4v) is 2.70. The van der Waals surface area contributed by atoms with E-state index < -0.39 is 47.8 Å². The highest BCUT2D eigenvalue weighted by Gasteiger charge is 2.25. The Morgan fingerprint density at radius 2 is 1.03 bits per heavy atom. The second-order valence-corrected chi connectivity index (χ2v) is 7.00. The van der Waals surface area contributed by atoms with Crippen molar-refractivity contribution in [2.24, 2.45) is 0 Å². The summed E-state index contributed by atoms with van der Waals surface area (Å²) in [5.74, 6) is -5.36. The highest BCUT2D eigenvalue weighted by molar-refractivity contribution is 5.86. The number of carboxylic acid groups (broad SMARTS) is 3. The fraction of sp³-hybridized carbons (Fsp3) is 0.684. The first-order valence-electron chi connectivity index (χ1n) is 9.97. The molecule has 0 spiro atoms. The smallest absolute Gasteiger partial charge is 0.326 e. The lowest BCUT2D eigenvalue weighted by Crippen LogP contribution is -2.44. The van der Waals surface area contributed by atoms with Crippen LogP contribution in [0.1, 0.15) is 58.3 Å². The SMILES string of the molecule is CCCC(=O)CCC(NC(=O)CCC(NC(=O)CCC(NC)C(=O)O)C(=O)O)C(=O)O. The largest absolute Gasteiger partial charge is 0.480 e. The highest BCUT2D eigenvalue weighted by atomic mass is 16.4. The monoisotopic (exact) mass is 445 g/mol. The molecule has 0 saturated heterocycles. The first kappa shape index (κ1) is 28.0. The average molecular weight is 445 g/mol. The van der Waals surface area contributed by atoms with E-state index >= 15 is 0 Å². The average Bonchev–Trinajstić information content (AvgIpc) is 2.68. The summed E-state index contributed by atoms with van der Waals surface area (Å²) < 4.78 is 0. The minimum atomic E-state index is -1.40. The molecule has 12 nitrogen and oxygen atoms in total. The van der Waals surface area contributed by atoms with Gasteiger partial charge in [0.2, 0.25) is 11.8 Å². The molecule has 31 heavy (non-hydrogen) atoms. The van der Waals surface area contributed by atoms with E-state index in [-0.39, 0.29) is 44.3 Å². The van der Waals surface area contributed by atoms with Crippen LogP contribution >= 0.6 is 0 Å². The first-order chi connectivity index (χ1) is 14.5. The van der Waals surface area contributed by atoms with Gasteiger partial charge >= 0.3 is 17.9 Å². The Labute approximate surface area is 179 Å². The Hall–Kier alpha value is -3.02. The van der Waals surface area contributed by atoms with Crippen LogP contribution in [-0.4, -0.2) is 76.0 Å². The van der Waals surface area contributed by atoms with Crippen molar-refractivity contribution in [1.29, 1.82) is 0 Å². The molecule has 0 aromatic carbocycles. The van der Waals surface area contributed by atoms with Gasteiger partial charge in [0.15, 0.2) is 0 Å². The zero-order valence-electron chi connectivity index (χ0n) is 17.7. The number of rotatable bonds is 17. The van der Waals surface area contributed by atoms with Crippen LogP contribution in [0.25, 0.3) is 0 Å². The molecule has 0 aliphatic heterocycles. The topological polar surface area (TPSA) is 199 Å². The van der Waals surface area contributed by atoms with E-state index in [0.717, 1.165) is 0 Å². The molecule has 0 radical (unpaired) electrons. The minimum Gasteiger partial charge on any atom is -0.480 e. The standard InChI is InChI=1S/C19H31N3O9/c1-3-4-11(23)5-6-13(18(28)29)21-16(25)10-8-14(19(30)31)22-15(24)9-7-12(20-2)17(26)27/h12-14,20H,3-10H2,1-2H3,(H,21,25)(H,22,24)(H,26,27)(H,28,29)(H,30,31). The normalized spacial score (nSPS) is 13.5. The fourth-order valence-electron chi connectivity index (χ4n) is 2.70. The van der Waals surface area contributed by atoms with Crippen molar-refractivity contribution in [1.82, 2.24) is 16.0 Å². The van der Waals surface area contributed by atoms with Crippen molar-refractivity contribution in [3.05, 3.63) is 0 Å². The van der Waals surface area contributed by atoms with Gasteiger partial charge in [0.1, 0.15) is 23.9 Å². The van der Waals surface area contributed by atoms with E-state index in [4.69, 9.17) is 5.11 Å². The van der Waals surface area contributed by atoms with Crippen molar-refractivity contribution in [2.45, 2.75) is 76.4 Å². The summed E-state index contributed by atoms with van der Waals surface area (Å²) in [6.45, 7) is 1.82. The van der Waals surface area contributed by atoms with Gasteiger partial charge in [-0.2, -0.15) is 0 Å². The van der Waals surface area contributed by atoms with Crippen LogP contribution in [-0.2, 0) is 28.8 Å². The van der Waals surface area contributed by atoms with Gasteiger partial charge in [-0.15, -0.1) is 0 Å². The number of nitrogens with one attached hydrogen (secondary N) is 3. The van der Waals surface area contributed by atoms with E-state index in [9.17, 15) is 39.0 Å². The number of carbonyl (C=O) groups excluding carboxylic acids is 3. The number of carbonyl (C=O) groups is 6. The predicted molar refractivity (Wildman–Crippen MR) is 107 cm³/mol. The van der Waals surface area contributed by atoms with Gasteiger partial charge in [0.25, 0.3) is 0 Å². The van der Waals surface area contributed by atoms with Crippen LogP contribution in [0.3, 0.4) is 0 Å². The molecule has 0 aliphatic carbocycles. The number of hydrogen-bond acceptors (Lipinski definition) is 7. The van der Waals surface area contributed by atoms with Crippen molar-refractivity contribution in [3.8, 4) is 0 Å². The molecule has 0 saturated carbocycles. The summed E-state index contributed by atoms with van der Waals surface area (Å²) in [6.07, 6.45) is -0.0557. The summed E-state index contributed by atoms with van der Waals surface area (Å²) in [7, 11) is 1.42. The Balaban J connectivity index is 4.63. The molecule has 176 valence electrons. The Morgan fingerprint density at radius 3 is 1.39 bits per heavy atom. The Bertz CT molecular complexity index is 666. The summed E-state index contributed by atoms with van der Waals surface area (Å²) in [5.41, 5.74) is 0. The zero-order valence-corrected chi connectivity index (χ0v) is 17.7. The Kier molecular flexibility index (Phi) is 13.4. The molecular weight excluding hydrogens is 414 g/mol. The third-order valence-corrected chi connectivity index (χ3v) is 4.47. The maximum Gasteiger partial charge on any atom is 0.326 e.